The Morgan fingerprint density at radius 3 is 2.45 bits per heavy atom. The lowest BCUT2D eigenvalue weighted by Crippen LogP contribution is -2.57. The standard InChI is InChI=1S/C15H21FN2OS/c1-17(2)15(7-4-8-15)10-18(3)14(19)11-5-6-12(16)13(20)9-11/h5-6,9,20H,4,7-8,10H2,1-3H3. The summed E-state index contributed by atoms with van der Waals surface area (Å²) in [4.78, 5) is 16.5. The van der Waals surface area contributed by atoms with Gasteiger partial charge >= 0.3 is 0 Å². The summed E-state index contributed by atoms with van der Waals surface area (Å²) in [5.41, 5.74) is 0.570. The van der Waals surface area contributed by atoms with Crippen LogP contribution in [0.4, 0.5) is 4.39 Å². The Balaban J connectivity index is 2.10. The summed E-state index contributed by atoms with van der Waals surface area (Å²) in [5, 5.41) is 0. The number of rotatable bonds is 4. The summed E-state index contributed by atoms with van der Waals surface area (Å²) in [6.07, 6.45) is 3.43. The maximum Gasteiger partial charge on any atom is 0.253 e. The predicted molar refractivity (Wildman–Crippen MR) is 80.9 cm³/mol. The maximum absolute atomic E-state index is 13.2. The fourth-order valence-electron chi connectivity index (χ4n) is 2.71. The van der Waals surface area contributed by atoms with Crippen molar-refractivity contribution >= 4 is 18.5 Å². The first-order chi connectivity index (χ1) is 9.35. The van der Waals surface area contributed by atoms with E-state index in [4.69, 9.17) is 0 Å². The van der Waals surface area contributed by atoms with Gasteiger partial charge in [-0.1, -0.05) is 0 Å². The van der Waals surface area contributed by atoms with Gasteiger partial charge in [0.1, 0.15) is 5.82 Å². The first-order valence-electron chi connectivity index (χ1n) is 6.77. The molecule has 20 heavy (non-hydrogen) atoms. The number of nitrogens with zero attached hydrogens (tertiary/aromatic N) is 2. The Hall–Kier alpha value is -1.07. The number of carbonyl (C=O) groups excluding carboxylic acids is 1. The minimum Gasteiger partial charge on any atom is -0.340 e. The number of likely N-dealkylation sites (N-methyl/N-ethyl adjacent to an activating group) is 2. The van der Waals surface area contributed by atoms with E-state index in [0.29, 0.717) is 12.1 Å². The molecule has 0 spiro atoms. The second-order valence-electron chi connectivity index (χ2n) is 5.80. The highest BCUT2D eigenvalue weighted by molar-refractivity contribution is 7.80. The van der Waals surface area contributed by atoms with Crippen LogP contribution in [0.3, 0.4) is 0 Å². The van der Waals surface area contributed by atoms with Gasteiger partial charge in [-0.25, -0.2) is 4.39 Å². The lowest BCUT2D eigenvalue weighted by atomic mass is 9.75. The molecule has 2 rings (SSSR count). The molecule has 1 saturated carbocycles. The van der Waals surface area contributed by atoms with Gasteiger partial charge in [0.25, 0.3) is 5.91 Å². The zero-order chi connectivity index (χ0) is 14.9. The number of thiol groups is 1. The monoisotopic (exact) mass is 296 g/mol. The zero-order valence-electron chi connectivity index (χ0n) is 12.2. The normalized spacial score (nSPS) is 16.9. The van der Waals surface area contributed by atoms with Crippen molar-refractivity contribution in [2.45, 2.75) is 29.7 Å². The molecule has 1 amide bonds. The molecular formula is C15H21FN2OS. The number of hydrogen-bond donors (Lipinski definition) is 1. The van der Waals surface area contributed by atoms with Gasteiger partial charge in [0.2, 0.25) is 0 Å². The minimum absolute atomic E-state index is 0.0894. The topological polar surface area (TPSA) is 23.6 Å². The first-order valence-corrected chi connectivity index (χ1v) is 7.22. The van der Waals surface area contributed by atoms with E-state index >= 15 is 0 Å². The molecule has 5 heteroatoms. The Kier molecular flexibility index (Phi) is 4.39. The van der Waals surface area contributed by atoms with E-state index in [0.717, 1.165) is 12.8 Å². The van der Waals surface area contributed by atoms with Gasteiger partial charge in [-0.15, -0.1) is 12.6 Å². The summed E-state index contributed by atoms with van der Waals surface area (Å²) in [6.45, 7) is 0.693. The molecule has 0 bridgehead atoms. The second-order valence-corrected chi connectivity index (χ2v) is 6.28. The number of hydrogen-bond acceptors (Lipinski definition) is 3. The lowest BCUT2D eigenvalue weighted by molar-refractivity contribution is 0.0252. The van der Waals surface area contributed by atoms with Crippen molar-refractivity contribution in [3.8, 4) is 0 Å². The summed E-state index contributed by atoms with van der Waals surface area (Å²) in [5.74, 6) is -0.496. The van der Waals surface area contributed by atoms with E-state index in [1.54, 1.807) is 11.9 Å². The SMILES string of the molecule is CN(CC1(N(C)C)CCC1)C(=O)c1ccc(F)c(S)c1. The Morgan fingerprint density at radius 2 is 2.00 bits per heavy atom. The Labute approximate surface area is 125 Å². The van der Waals surface area contributed by atoms with Gasteiger partial charge < -0.3 is 9.80 Å². The smallest absolute Gasteiger partial charge is 0.253 e. The van der Waals surface area contributed by atoms with Crippen LogP contribution in [-0.4, -0.2) is 48.9 Å². The van der Waals surface area contributed by atoms with Gasteiger partial charge in [-0.05, 0) is 51.6 Å². The van der Waals surface area contributed by atoms with Crippen molar-refractivity contribution in [2.24, 2.45) is 0 Å². The van der Waals surface area contributed by atoms with Crippen molar-refractivity contribution in [1.82, 2.24) is 9.80 Å². The van der Waals surface area contributed by atoms with Gasteiger partial charge in [0.15, 0.2) is 0 Å². The van der Waals surface area contributed by atoms with E-state index < -0.39 is 5.82 Å². The van der Waals surface area contributed by atoms with Crippen molar-refractivity contribution in [3.05, 3.63) is 29.6 Å². The second kappa shape index (κ2) is 5.74. The molecule has 3 nitrogen and oxygen atoms in total. The van der Waals surface area contributed by atoms with E-state index in [9.17, 15) is 9.18 Å². The third kappa shape index (κ3) is 2.83. The Bertz CT molecular complexity index is 515. The third-order valence-corrected chi connectivity index (χ3v) is 4.65. The molecule has 110 valence electrons. The van der Waals surface area contributed by atoms with Gasteiger partial charge in [0, 0.05) is 29.6 Å². The third-order valence-electron chi connectivity index (χ3n) is 4.30. The molecule has 0 atom stereocenters. The highest BCUT2D eigenvalue weighted by atomic mass is 32.1. The van der Waals surface area contributed by atoms with Crippen LogP contribution in [0.2, 0.25) is 0 Å². The number of carbonyl (C=O) groups is 1. The molecule has 0 heterocycles. The number of halogens is 1. The molecule has 1 fully saturated rings. The van der Waals surface area contributed by atoms with Crippen LogP contribution >= 0.6 is 12.6 Å². The maximum atomic E-state index is 13.2. The van der Waals surface area contributed by atoms with Crippen LogP contribution in [-0.2, 0) is 0 Å². The van der Waals surface area contributed by atoms with Crippen LogP contribution < -0.4 is 0 Å². The van der Waals surface area contributed by atoms with Gasteiger partial charge in [0.05, 0.1) is 0 Å². The van der Waals surface area contributed by atoms with Gasteiger partial charge in [-0.3, -0.25) is 4.79 Å². The average molecular weight is 296 g/mol. The van der Waals surface area contributed by atoms with Crippen LogP contribution in [0, 0.1) is 5.82 Å². The summed E-state index contributed by atoms with van der Waals surface area (Å²) in [7, 11) is 5.91. The average Bonchev–Trinajstić information content (AvgIpc) is 2.35. The quantitative estimate of drug-likeness (QED) is 0.864. The van der Waals surface area contributed by atoms with Crippen molar-refractivity contribution in [1.29, 1.82) is 0 Å². The van der Waals surface area contributed by atoms with Crippen molar-refractivity contribution in [3.63, 3.8) is 0 Å². The molecular weight excluding hydrogens is 275 g/mol. The molecule has 0 radical (unpaired) electrons. The molecule has 1 aromatic carbocycles. The fourth-order valence-corrected chi connectivity index (χ4v) is 2.92. The fraction of sp³-hybridized carbons (Fsp3) is 0.533. The highest BCUT2D eigenvalue weighted by Gasteiger charge is 2.40. The van der Waals surface area contributed by atoms with E-state index in [-0.39, 0.29) is 16.3 Å². The van der Waals surface area contributed by atoms with E-state index in [1.165, 1.54) is 24.6 Å². The van der Waals surface area contributed by atoms with Crippen molar-refractivity contribution in [2.75, 3.05) is 27.7 Å². The summed E-state index contributed by atoms with van der Waals surface area (Å²) >= 11 is 4.03. The van der Waals surface area contributed by atoms with Crippen LogP contribution in [0.15, 0.2) is 23.1 Å². The zero-order valence-corrected chi connectivity index (χ0v) is 13.1. The largest absolute Gasteiger partial charge is 0.340 e. The minimum atomic E-state index is -0.406. The molecule has 0 aliphatic heterocycles. The molecule has 1 aliphatic carbocycles. The summed E-state index contributed by atoms with van der Waals surface area (Å²) in [6, 6.07) is 4.28. The molecule has 1 aliphatic rings. The molecule has 0 aromatic heterocycles. The predicted octanol–water partition coefficient (Wildman–Crippen LogP) is 2.67. The lowest BCUT2D eigenvalue weighted by Gasteiger charge is -2.49. The van der Waals surface area contributed by atoms with Crippen LogP contribution in [0.5, 0.6) is 0 Å². The molecule has 0 unspecified atom stereocenters. The van der Waals surface area contributed by atoms with Crippen LogP contribution in [0.1, 0.15) is 29.6 Å². The van der Waals surface area contributed by atoms with Crippen LogP contribution in [0.25, 0.3) is 0 Å². The molecule has 0 saturated heterocycles. The Morgan fingerprint density at radius 1 is 1.35 bits per heavy atom. The number of amides is 1. The summed E-state index contributed by atoms with van der Waals surface area (Å²) < 4.78 is 13.2. The first kappa shape index (κ1) is 15.3. The van der Waals surface area contributed by atoms with E-state index in [2.05, 4.69) is 31.6 Å². The number of benzene rings is 1. The van der Waals surface area contributed by atoms with Gasteiger partial charge in [-0.2, -0.15) is 0 Å². The van der Waals surface area contributed by atoms with E-state index in [1.807, 2.05) is 0 Å². The molecule has 1 aromatic rings. The molecule has 0 N–H and O–H groups in total. The highest BCUT2D eigenvalue weighted by Crippen LogP contribution is 2.36. The van der Waals surface area contributed by atoms with Crippen molar-refractivity contribution < 1.29 is 9.18 Å².